The zero-order chi connectivity index (χ0) is 21.1. The largest absolute Gasteiger partial charge is 0.355 e. The molecule has 1 aliphatic rings. The molecule has 3 heterocycles. The molecule has 4 rings (SSSR count). The Morgan fingerprint density at radius 3 is 2.67 bits per heavy atom. The van der Waals surface area contributed by atoms with Crippen molar-refractivity contribution in [2.24, 2.45) is 5.92 Å². The van der Waals surface area contributed by atoms with Crippen LogP contribution in [0.25, 0.3) is 0 Å². The molecule has 0 bridgehead atoms. The van der Waals surface area contributed by atoms with Crippen LogP contribution in [0.1, 0.15) is 23.3 Å². The molecular weight excluding hydrogens is 465 g/mol. The predicted octanol–water partition coefficient (Wildman–Crippen LogP) is 5.34. The summed E-state index contributed by atoms with van der Waals surface area (Å²) >= 11 is 19.5. The van der Waals surface area contributed by atoms with E-state index in [0.717, 1.165) is 42.2 Å². The monoisotopic (exact) mass is 481 g/mol. The third-order valence-electron chi connectivity index (χ3n) is 4.96. The second-order valence-corrected chi connectivity index (χ2v) is 9.36. The Morgan fingerprint density at radius 1 is 1.13 bits per heavy atom. The van der Waals surface area contributed by atoms with Gasteiger partial charge < -0.3 is 10.2 Å². The molecule has 1 aliphatic heterocycles. The minimum absolute atomic E-state index is 0.00136. The van der Waals surface area contributed by atoms with Crippen molar-refractivity contribution in [2.45, 2.75) is 19.3 Å². The molecule has 1 fully saturated rings. The fourth-order valence-electron chi connectivity index (χ4n) is 3.37. The van der Waals surface area contributed by atoms with Gasteiger partial charge in [-0.25, -0.2) is 4.98 Å². The quantitative estimate of drug-likeness (QED) is 0.531. The lowest BCUT2D eigenvalue weighted by Gasteiger charge is -2.31. The van der Waals surface area contributed by atoms with Crippen molar-refractivity contribution in [3.63, 3.8) is 0 Å². The average molecular weight is 483 g/mol. The van der Waals surface area contributed by atoms with Gasteiger partial charge in [0.25, 0.3) is 0 Å². The Morgan fingerprint density at radius 2 is 1.93 bits per heavy atom. The maximum Gasteiger partial charge on any atom is 0.229 e. The number of amides is 1. The second kappa shape index (κ2) is 9.47. The number of nitrogens with zero attached hydrogens (tertiary/aromatic N) is 4. The van der Waals surface area contributed by atoms with Crippen molar-refractivity contribution in [1.29, 1.82) is 0 Å². The summed E-state index contributed by atoms with van der Waals surface area (Å²) in [7, 11) is 0. The highest BCUT2D eigenvalue weighted by Gasteiger charge is 2.26. The number of aromatic nitrogens is 3. The number of hydrogen-bond acceptors (Lipinski definition) is 6. The van der Waals surface area contributed by atoms with Gasteiger partial charge in [0, 0.05) is 46.5 Å². The molecule has 1 amide bonds. The Bertz CT molecular complexity index is 1040. The van der Waals surface area contributed by atoms with Gasteiger partial charge in [0.15, 0.2) is 16.1 Å². The standard InChI is InChI=1S/C20H18Cl3N5OS/c21-14-1-2-16(22)13(9-14)10-15-11-24-20(30-15)25-19(29)12-5-7-28(8-6-12)18-4-3-17(23)26-27-18/h1-4,9,11-12H,5-8,10H2,(H,24,25,29). The zero-order valence-corrected chi connectivity index (χ0v) is 18.9. The summed E-state index contributed by atoms with van der Waals surface area (Å²) in [5, 5.41) is 13.2. The first-order valence-corrected chi connectivity index (χ1v) is 11.4. The van der Waals surface area contributed by atoms with E-state index in [4.69, 9.17) is 34.8 Å². The molecular formula is C20H18Cl3N5OS. The molecule has 0 saturated carbocycles. The Hall–Kier alpha value is -1.93. The van der Waals surface area contributed by atoms with Gasteiger partial charge in [-0.1, -0.05) is 34.8 Å². The van der Waals surface area contributed by atoms with Gasteiger partial charge in [-0.15, -0.1) is 21.5 Å². The van der Waals surface area contributed by atoms with Gasteiger partial charge in [-0.05, 0) is 48.7 Å². The average Bonchev–Trinajstić information content (AvgIpc) is 3.18. The number of nitrogens with one attached hydrogen (secondary N) is 1. The van der Waals surface area contributed by atoms with Gasteiger partial charge in [0.1, 0.15) is 0 Å². The number of hydrogen-bond donors (Lipinski definition) is 1. The van der Waals surface area contributed by atoms with Crippen LogP contribution >= 0.6 is 46.1 Å². The molecule has 0 spiro atoms. The third-order valence-corrected chi connectivity index (χ3v) is 6.68. The molecule has 0 unspecified atom stereocenters. The van der Waals surface area contributed by atoms with Gasteiger partial charge in [0.2, 0.25) is 5.91 Å². The minimum atomic E-state index is -0.0590. The highest BCUT2D eigenvalue weighted by molar-refractivity contribution is 7.15. The Labute approximate surface area is 193 Å². The summed E-state index contributed by atoms with van der Waals surface area (Å²) in [6.45, 7) is 1.48. The van der Waals surface area contributed by atoms with Crippen LogP contribution in [-0.4, -0.2) is 34.2 Å². The molecule has 10 heteroatoms. The summed E-state index contributed by atoms with van der Waals surface area (Å²) < 4.78 is 0. The summed E-state index contributed by atoms with van der Waals surface area (Å²) in [5.41, 5.74) is 0.934. The number of halogens is 3. The molecule has 30 heavy (non-hydrogen) atoms. The van der Waals surface area contributed by atoms with Crippen LogP contribution in [0.5, 0.6) is 0 Å². The molecule has 0 atom stereocenters. The van der Waals surface area contributed by atoms with Crippen LogP contribution < -0.4 is 10.2 Å². The molecule has 156 valence electrons. The maximum absolute atomic E-state index is 12.7. The van der Waals surface area contributed by atoms with Crippen molar-refractivity contribution in [2.75, 3.05) is 23.3 Å². The summed E-state index contributed by atoms with van der Waals surface area (Å²) in [6.07, 6.45) is 3.87. The van der Waals surface area contributed by atoms with Crippen LogP contribution in [0.15, 0.2) is 36.5 Å². The van der Waals surface area contributed by atoms with Crippen molar-refractivity contribution in [3.05, 3.63) is 62.2 Å². The topological polar surface area (TPSA) is 71.0 Å². The van der Waals surface area contributed by atoms with Crippen LogP contribution in [0.3, 0.4) is 0 Å². The molecule has 6 nitrogen and oxygen atoms in total. The number of rotatable bonds is 5. The van der Waals surface area contributed by atoms with Crippen molar-refractivity contribution < 1.29 is 4.79 Å². The number of carbonyl (C=O) groups is 1. The molecule has 3 aromatic rings. The normalized spacial score (nSPS) is 14.7. The molecule has 1 N–H and O–H groups in total. The smallest absolute Gasteiger partial charge is 0.229 e. The molecule has 2 aromatic heterocycles. The van der Waals surface area contributed by atoms with Crippen LogP contribution in [0.2, 0.25) is 15.2 Å². The Balaban J connectivity index is 1.31. The summed E-state index contributed by atoms with van der Waals surface area (Å²) in [4.78, 5) is 20.1. The van der Waals surface area contributed by atoms with E-state index in [-0.39, 0.29) is 11.8 Å². The Kier molecular flexibility index (Phi) is 6.73. The van der Waals surface area contributed by atoms with Crippen molar-refractivity contribution in [1.82, 2.24) is 15.2 Å². The number of benzene rings is 1. The van der Waals surface area contributed by atoms with Crippen LogP contribution in [0, 0.1) is 5.92 Å². The molecule has 0 radical (unpaired) electrons. The number of piperidine rings is 1. The van der Waals surface area contributed by atoms with E-state index in [0.29, 0.717) is 26.8 Å². The van der Waals surface area contributed by atoms with E-state index in [9.17, 15) is 4.79 Å². The van der Waals surface area contributed by atoms with Crippen molar-refractivity contribution in [3.8, 4) is 0 Å². The van der Waals surface area contributed by atoms with E-state index >= 15 is 0 Å². The van der Waals surface area contributed by atoms with E-state index in [1.807, 2.05) is 12.1 Å². The van der Waals surface area contributed by atoms with Gasteiger partial charge in [-0.2, -0.15) is 0 Å². The van der Waals surface area contributed by atoms with Gasteiger partial charge >= 0.3 is 0 Å². The first-order chi connectivity index (χ1) is 14.5. The SMILES string of the molecule is O=C(Nc1ncc(Cc2cc(Cl)ccc2Cl)s1)C1CCN(c2ccc(Cl)nn2)CC1. The molecule has 0 aliphatic carbocycles. The van der Waals surface area contributed by atoms with Crippen molar-refractivity contribution >= 4 is 63.0 Å². The van der Waals surface area contributed by atoms with Gasteiger partial charge in [-0.3, -0.25) is 4.79 Å². The molecule has 1 saturated heterocycles. The van der Waals surface area contributed by atoms with E-state index in [1.54, 1.807) is 24.4 Å². The minimum Gasteiger partial charge on any atom is -0.355 e. The van der Waals surface area contributed by atoms with E-state index in [2.05, 4.69) is 25.4 Å². The fraction of sp³-hybridized carbons (Fsp3) is 0.300. The number of anilines is 2. The summed E-state index contributed by atoms with van der Waals surface area (Å²) in [6, 6.07) is 8.96. The van der Waals surface area contributed by atoms with E-state index < -0.39 is 0 Å². The number of thiazole rings is 1. The first kappa shape index (κ1) is 21.3. The summed E-state index contributed by atoms with van der Waals surface area (Å²) in [5.74, 6) is 0.720. The van der Waals surface area contributed by atoms with Crippen LogP contribution in [-0.2, 0) is 11.2 Å². The predicted molar refractivity (Wildman–Crippen MR) is 122 cm³/mol. The first-order valence-electron chi connectivity index (χ1n) is 9.41. The van der Waals surface area contributed by atoms with Crippen LogP contribution in [0.4, 0.5) is 10.9 Å². The number of carbonyl (C=O) groups excluding carboxylic acids is 1. The lowest BCUT2D eigenvalue weighted by molar-refractivity contribution is -0.120. The highest BCUT2D eigenvalue weighted by Crippen LogP contribution is 2.28. The fourth-order valence-corrected chi connectivity index (χ4v) is 4.69. The van der Waals surface area contributed by atoms with Gasteiger partial charge in [0.05, 0.1) is 0 Å². The maximum atomic E-state index is 12.7. The molecule has 1 aromatic carbocycles. The highest BCUT2D eigenvalue weighted by atomic mass is 35.5. The lowest BCUT2D eigenvalue weighted by atomic mass is 9.96. The second-order valence-electron chi connectivity index (χ2n) is 7.01. The van der Waals surface area contributed by atoms with E-state index in [1.165, 1.54) is 11.3 Å². The lowest BCUT2D eigenvalue weighted by Crippen LogP contribution is -2.38. The third kappa shape index (κ3) is 5.21. The zero-order valence-electron chi connectivity index (χ0n) is 15.8.